The van der Waals surface area contributed by atoms with Crippen LogP contribution in [0.25, 0.3) is 0 Å². The molecule has 17 heavy (non-hydrogen) atoms. The van der Waals surface area contributed by atoms with E-state index >= 15 is 0 Å². The van der Waals surface area contributed by atoms with Crippen LogP contribution < -0.4 is 10.1 Å². The van der Waals surface area contributed by atoms with Gasteiger partial charge in [-0.15, -0.1) is 11.3 Å². The molecule has 0 amide bonds. The van der Waals surface area contributed by atoms with Gasteiger partial charge in [-0.1, -0.05) is 29.8 Å². The van der Waals surface area contributed by atoms with Crippen LogP contribution in [-0.4, -0.2) is 14.2 Å². The van der Waals surface area contributed by atoms with Crippen LogP contribution in [0, 0.1) is 6.92 Å². The summed E-state index contributed by atoms with van der Waals surface area (Å²) in [5.41, 5.74) is 2.56. The zero-order chi connectivity index (χ0) is 12.3. The van der Waals surface area contributed by atoms with Crippen LogP contribution in [0.3, 0.4) is 0 Å². The molecule has 2 rings (SSSR count). The minimum absolute atomic E-state index is 0.240. The normalized spacial score (nSPS) is 12.4. The zero-order valence-electron chi connectivity index (χ0n) is 10.4. The summed E-state index contributed by atoms with van der Waals surface area (Å²) in [6, 6.07) is 11.0. The Kier molecular flexibility index (Phi) is 3.82. The van der Waals surface area contributed by atoms with Gasteiger partial charge in [-0.05, 0) is 25.6 Å². The van der Waals surface area contributed by atoms with Gasteiger partial charge in [0.2, 0.25) is 0 Å². The fourth-order valence-corrected chi connectivity index (χ4v) is 2.82. The number of thiophene rings is 1. The molecule has 2 nitrogen and oxygen atoms in total. The predicted octanol–water partition coefficient (Wildman–Crippen LogP) is 3.37. The smallest absolute Gasteiger partial charge is 0.129 e. The molecule has 0 saturated carbocycles. The first-order valence-corrected chi connectivity index (χ1v) is 6.49. The molecule has 3 heteroatoms. The van der Waals surface area contributed by atoms with Crippen molar-refractivity contribution in [3.8, 4) is 5.75 Å². The van der Waals surface area contributed by atoms with E-state index in [9.17, 15) is 0 Å². The molecule has 0 saturated heterocycles. The second-order valence-electron chi connectivity index (χ2n) is 4.02. The predicted molar refractivity (Wildman–Crippen MR) is 73.0 cm³/mol. The fourth-order valence-electron chi connectivity index (χ4n) is 1.82. The second-order valence-corrected chi connectivity index (χ2v) is 4.96. The Labute approximate surface area is 106 Å². The molecule has 1 heterocycles. The maximum atomic E-state index is 5.23. The van der Waals surface area contributed by atoms with E-state index in [1.165, 1.54) is 16.0 Å². The van der Waals surface area contributed by atoms with Crippen LogP contribution >= 0.6 is 11.3 Å². The molecule has 0 aliphatic heterocycles. The van der Waals surface area contributed by atoms with Gasteiger partial charge in [0.25, 0.3) is 0 Å². The first kappa shape index (κ1) is 12.1. The molecule has 0 spiro atoms. The monoisotopic (exact) mass is 247 g/mol. The Bertz CT molecular complexity index is 475. The van der Waals surface area contributed by atoms with Crippen LogP contribution in [0.4, 0.5) is 0 Å². The third-order valence-electron chi connectivity index (χ3n) is 2.82. The molecule has 0 bridgehead atoms. The lowest BCUT2D eigenvalue weighted by Gasteiger charge is -2.15. The van der Waals surface area contributed by atoms with E-state index in [0.29, 0.717) is 0 Å². The number of ether oxygens (including phenoxy) is 1. The van der Waals surface area contributed by atoms with Gasteiger partial charge in [0.1, 0.15) is 5.75 Å². The number of hydrogen-bond donors (Lipinski definition) is 1. The van der Waals surface area contributed by atoms with E-state index in [1.54, 1.807) is 18.4 Å². The molecule has 0 fully saturated rings. The van der Waals surface area contributed by atoms with Crippen LogP contribution in [0.1, 0.15) is 22.0 Å². The molecule has 1 atom stereocenters. The van der Waals surface area contributed by atoms with Crippen molar-refractivity contribution < 1.29 is 4.74 Å². The maximum Gasteiger partial charge on any atom is 0.129 e. The number of rotatable bonds is 4. The van der Waals surface area contributed by atoms with Crippen LogP contribution in [0.15, 0.2) is 35.7 Å². The SMILES string of the molecule is CNC(c1ccc(C)cc1)c1cc(OC)cs1. The summed E-state index contributed by atoms with van der Waals surface area (Å²) in [4.78, 5) is 1.27. The summed E-state index contributed by atoms with van der Waals surface area (Å²) < 4.78 is 5.23. The maximum absolute atomic E-state index is 5.23. The minimum Gasteiger partial charge on any atom is -0.496 e. The van der Waals surface area contributed by atoms with Crippen molar-refractivity contribution in [3.63, 3.8) is 0 Å². The molecule has 0 aliphatic rings. The van der Waals surface area contributed by atoms with Crippen LogP contribution in [0.5, 0.6) is 5.75 Å². The van der Waals surface area contributed by atoms with Gasteiger partial charge in [-0.2, -0.15) is 0 Å². The first-order chi connectivity index (χ1) is 8.24. The van der Waals surface area contributed by atoms with Gasteiger partial charge in [0, 0.05) is 10.3 Å². The Balaban J connectivity index is 2.29. The van der Waals surface area contributed by atoms with Crippen molar-refractivity contribution in [2.45, 2.75) is 13.0 Å². The standard InChI is InChI=1S/C14H17NOS/c1-10-4-6-11(7-5-10)14(15-2)13-8-12(16-3)9-17-13/h4-9,14-15H,1-3H3. The summed E-state index contributed by atoms with van der Waals surface area (Å²) in [6.45, 7) is 2.10. The molecule has 1 N–H and O–H groups in total. The van der Waals surface area contributed by atoms with E-state index in [4.69, 9.17) is 4.74 Å². The Morgan fingerprint density at radius 2 is 1.94 bits per heavy atom. The molecule has 1 aromatic heterocycles. The van der Waals surface area contributed by atoms with E-state index < -0.39 is 0 Å². The molecule has 0 radical (unpaired) electrons. The Morgan fingerprint density at radius 1 is 1.24 bits per heavy atom. The highest BCUT2D eigenvalue weighted by Crippen LogP contribution is 2.30. The van der Waals surface area contributed by atoms with Gasteiger partial charge < -0.3 is 10.1 Å². The molecule has 1 aromatic carbocycles. The van der Waals surface area contributed by atoms with Gasteiger partial charge in [-0.3, -0.25) is 0 Å². The van der Waals surface area contributed by atoms with Crippen molar-refractivity contribution in [1.29, 1.82) is 0 Å². The highest BCUT2D eigenvalue weighted by Gasteiger charge is 2.14. The molecule has 90 valence electrons. The van der Waals surface area contributed by atoms with Gasteiger partial charge >= 0.3 is 0 Å². The van der Waals surface area contributed by atoms with Crippen molar-refractivity contribution in [3.05, 3.63) is 51.7 Å². The van der Waals surface area contributed by atoms with E-state index in [2.05, 4.69) is 42.6 Å². The summed E-state index contributed by atoms with van der Waals surface area (Å²) in [5, 5.41) is 5.38. The minimum atomic E-state index is 0.240. The van der Waals surface area contributed by atoms with E-state index in [-0.39, 0.29) is 6.04 Å². The number of methoxy groups -OCH3 is 1. The molecular weight excluding hydrogens is 230 g/mol. The summed E-state index contributed by atoms with van der Waals surface area (Å²) in [7, 11) is 3.68. The van der Waals surface area contributed by atoms with Gasteiger partial charge in [0.05, 0.1) is 13.2 Å². The third kappa shape index (κ3) is 2.68. The summed E-state index contributed by atoms with van der Waals surface area (Å²) in [5.74, 6) is 0.928. The summed E-state index contributed by atoms with van der Waals surface area (Å²) >= 11 is 1.72. The van der Waals surface area contributed by atoms with Crippen LogP contribution in [-0.2, 0) is 0 Å². The average Bonchev–Trinajstić information content (AvgIpc) is 2.81. The highest BCUT2D eigenvalue weighted by atomic mass is 32.1. The Morgan fingerprint density at radius 3 is 2.47 bits per heavy atom. The molecule has 1 unspecified atom stereocenters. The lowest BCUT2D eigenvalue weighted by molar-refractivity contribution is 0.416. The quantitative estimate of drug-likeness (QED) is 0.894. The number of nitrogens with one attached hydrogen (secondary N) is 1. The van der Waals surface area contributed by atoms with Crippen molar-refractivity contribution in [1.82, 2.24) is 5.32 Å². The molecule has 2 aromatic rings. The number of benzene rings is 1. The Hall–Kier alpha value is -1.32. The van der Waals surface area contributed by atoms with Crippen molar-refractivity contribution in [2.24, 2.45) is 0 Å². The highest BCUT2D eigenvalue weighted by molar-refractivity contribution is 7.10. The van der Waals surface area contributed by atoms with Crippen molar-refractivity contribution in [2.75, 3.05) is 14.2 Å². The average molecular weight is 247 g/mol. The first-order valence-electron chi connectivity index (χ1n) is 5.61. The summed E-state index contributed by atoms with van der Waals surface area (Å²) in [6.07, 6.45) is 0. The van der Waals surface area contributed by atoms with E-state index in [1.807, 2.05) is 12.4 Å². The van der Waals surface area contributed by atoms with E-state index in [0.717, 1.165) is 5.75 Å². The largest absolute Gasteiger partial charge is 0.496 e. The lowest BCUT2D eigenvalue weighted by Crippen LogP contribution is -2.16. The number of aryl methyl sites for hydroxylation is 1. The topological polar surface area (TPSA) is 21.3 Å². The van der Waals surface area contributed by atoms with Crippen molar-refractivity contribution >= 4 is 11.3 Å². The third-order valence-corrected chi connectivity index (χ3v) is 3.79. The molecule has 0 aliphatic carbocycles. The zero-order valence-corrected chi connectivity index (χ0v) is 11.2. The van der Waals surface area contributed by atoms with Gasteiger partial charge in [-0.25, -0.2) is 0 Å². The fraction of sp³-hybridized carbons (Fsp3) is 0.286. The van der Waals surface area contributed by atoms with Gasteiger partial charge in [0.15, 0.2) is 0 Å². The number of hydrogen-bond acceptors (Lipinski definition) is 3. The molecular formula is C14H17NOS. The second kappa shape index (κ2) is 5.34. The lowest BCUT2D eigenvalue weighted by atomic mass is 10.0. The van der Waals surface area contributed by atoms with Crippen LogP contribution in [0.2, 0.25) is 0 Å².